The lowest BCUT2D eigenvalue weighted by atomic mass is 9.87. The van der Waals surface area contributed by atoms with Crippen LogP contribution in [0, 0.1) is 5.92 Å². The average Bonchev–Trinajstić information content (AvgIpc) is 2.91. The maximum Gasteiger partial charge on any atom is 0.309 e. The van der Waals surface area contributed by atoms with Crippen molar-refractivity contribution in [2.24, 2.45) is 5.92 Å². The molecular weight excluding hydrogens is 260 g/mol. The zero-order valence-corrected chi connectivity index (χ0v) is 12.0. The van der Waals surface area contributed by atoms with Gasteiger partial charge in [0.1, 0.15) is 0 Å². The molecule has 0 radical (unpaired) electrons. The molecule has 0 saturated heterocycles. The van der Waals surface area contributed by atoms with E-state index in [0.717, 1.165) is 36.5 Å². The van der Waals surface area contributed by atoms with Crippen molar-refractivity contribution < 1.29 is 9.59 Å². The molecule has 1 fully saturated rings. The van der Waals surface area contributed by atoms with Crippen molar-refractivity contribution >= 4 is 23.2 Å². The van der Waals surface area contributed by atoms with E-state index in [0.29, 0.717) is 6.54 Å². The molecule has 0 spiro atoms. The maximum atomic E-state index is 11.7. The molecule has 0 unspecified atom stereocenters. The monoisotopic (exact) mass is 280 g/mol. The van der Waals surface area contributed by atoms with Gasteiger partial charge in [0.2, 0.25) is 0 Å². The molecule has 0 aliphatic heterocycles. The van der Waals surface area contributed by atoms with E-state index in [1.54, 1.807) is 11.3 Å². The zero-order chi connectivity index (χ0) is 13.7. The van der Waals surface area contributed by atoms with Gasteiger partial charge in [-0.15, -0.1) is 11.3 Å². The first-order chi connectivity index (χ1) is 9.15. The third-order valence-corrected chi connectivity index (χ3v) is 4.44. The number of carbonyl (C=O) groups excluding carboxylic acids is 2. The molecule has 1 heterocycles. The fourth-order valence-electron chi connectivity index (χ4n) is 2.32. The lowest BCUT2D eigenvalue weighted by molar-refractivity contribution is -0.139. The summed E-state index contributed by atoms with van der Waals surface area (Å²) in [6, 6.07) is 4.03. The Morgan fingerprint density at radius 3 is 2.63 bits per heavy atom. The highest BCUT2D eigenvalue weighted by molar-refractivity contribution is 7.09. The van der Waals surface area contributed by atoms with E-state index >= 15 is 0 Å². The zero-order valence-electron chi connectivity index (χ0n) is 11.1. The van der Waals surface area contributed by atoms with E-state index in [1.807, 2.05) is 17.5 Å². The first-order valence-electron chi connectivity index (χ1n) is 6.76. The van der Waals surface area contributed by atoms with Gasteiger partial charge in [-0.25, -0.2) is 0 Å². The Balaban J connectivity index is 1.71. The summed E-state index contributed by atoms with van der Waals surface area (Å²) in [5, 5.41) is 7.41. The number of carbonyl (C=O) groups is 2. The second-order valence-electron chi connectivity index (χ2n) is 5.19. The summed E-state index contributed by atoms with van der Waals surface area (Å²) in [6.07, 6.45) is 4.21. The smallest absolute Gasteiger partial charge is 0.309 e. The van der Waals surface area contributed by atoms with E-state index < -0.39 is 11.8 Å². The SMILES string of the molecule is CC1CCC(NC(=O)C(=O)NCc2cccs2)CC1. The molecule has 104 valence electrons. The predicted octanol–water partition coefficient (Wildman–Crippen LogP) is 2.06. The van der Waals surface area contributed by atoms with E-state index in [9.17, 15) is 9.59 Å². The summed E-state index contributed by atoms with van der Waals surface area (Å²) in [5.41, 5.74) is 0. The molecule has 1 saturated carbocycles. The highest BCUT2D eigenvalue weighted by Crippen LogP contribution is 2.23. The Morgan fingerprint density at radius 2 is 2.00 bits per heavy atom. The van der Waals surface area contributed by atoms with Gasteiger partial charge in [-0.05, 0) is 43.0 Å². The van der Waals surface area contributed by atoms with Crippen LogP contribution in [0.15, 0.2) is 17.5 Å². The quantitative estimate of drug-likeness (QED) is 0.833. The molecule has 2 amide bonds. The Bertz CT molecular complexity index is 423. The second kappa shape index (κ2) is 6.70. The number of hydrogen-bond acceptors (Lipinski definition) is 3. The van der Waals surface area contributed by atoms with Crippen molar-refractivity contribution in [3.63, 3.8) is 0 Å². The molecule has 4 nitrogen and oxygen atoms in total. The number of rotatable bonds is 3. The molecule has 0 atom stereocenters. The largest absolute Gasteiger partial charge is 0.345 e. The van der Waals surface area contributed by atoms with E-state index in [-0.39, 0.29) is 6.04 Å². The van der Waals surface area contributed by atoms with Crippen LogP contribution in [0.3, 0.4) is 0 Å². The van der Waals surface area contributed by atoms with Gasteiger partial charge < -0.3 is 10.6 Å². The number of thiophene rings is 1. The van der Waals surface area contributed by atoms with Crippen molar-refractivity contribution in [2.45, 2.75) is 45.2 Å². The summed E-state index contributed by atoms with van der Waals surface area (Å²) >= 11 is 1.57. The fraction of sp³-hybridized carbons (Fsp3) is 0.571. The topological polar surface area (TPSA) is 58.2 Å². The van der Waals surface area contributed by atoms with Gasteiger partial charge in [-0.3, -0.25) is 9.59 Å². The third-order valence-electron chi connectivity index (χ3n) is 3.56. The molecule has 1 aliphatic rings. The van der Waals surface area contributed by atoms with Crippen molar-refractivity contribution in [3.05, 3.63) is 22.4 Å². The predicted molar refractivity (Wildman–Crippen MR) is 75.7 cm³/mol. The van der Waals surface area contributed by atoms with E-state index in [1.165, 1.54) is 0 Å². The van der Waals surface area contributed by atoms with Crippen LogP contribution in [-0.4, -0.2) is 17.9 Å². The summed E-state index contributed by atoms with van der Waals surface area (Å²) in [7, 11) is 0. The Hall–Kier alpha value is -1.36. The number of hydrogen-bond donors (Lipinski definition) is 2. The van der Waals surface area contributed by atoms with Crippen LogP contribution in [0.2, 0.25) is 0 Å². The molecular formula is C14H20N2O2S. The van der Waals surface area contributed by atoms with Gasteiger partial charge in [0.05, 0.1) is 6.54 Å². The van der Waals surface area contributed by atoms with Crippen LogP contribution in [0.4, 0.5) is 0 Å². The Kier molecular flexibility index (Phi) is 4.96. The van der Waals surface area contributed by atoms with Gasteiger partial charge in [0.15, 0.2) is 0 Å². The highest BCUT2D eigenvalue weighted by atomic mass is 32.1. The van der Waals surface area contributed by atoms with Crippen molar-refractivity contribution in [2.75, 3.05) is 0 Å². The Labute approximate surface area is 117 Å². The van der Waals surface area contributed by atoms with Crippen LogP contribution < -0.4 is 10.6 Å². The van der Waals surface area contributed by atoms with E-state index in [2.05, 4.69) is 17.6 Å². The molecule has 1 aliphatic carbocycles. The van der Waals surface area contributed by atoms with Gasteiger partial charge in [-0.1, -0.05) is 13.0 Å². The molecule has 19 heavy (non-hydrogen) atoms. The van der Waals surface area contributed by atoms with Crippen LogP contribution in [0.5, 0.6) is 0 Å². The van der Waals surface area contributed by atoms with Crippen LogP contribution in [0.1, 0.15) is 37.5 Å². The third kappa shape index (κ3) is 4.35. The molecule has 1 aromatic rings. The first-order valence-corrected chi connectivity index (χ1v) is 7.64. The van der Waals surface area contributed by atoms with Crippen molar-refractivity contribution in [3.8, 4) is 0 Å². The average molecular weight is 280 g/mol. The van der Waals surface area contributed by atoms with Gasteiger partial charge in [0, 0.05) is 10.9 Å². The number of nitrogens with one attached hydrogen (secondary N) is 2. The lowest BCUT2D eigenvalue weighted by Crippen LogP contribution is -2.45. The van der Waals surface area contributed by atoms with Crippen molar-refractivity contribution in [1.82, 2.24) is 10.6 Å². The summed E-state index contributed by atoms with van der Waals surface area (Å²) < 4.78 is 0. The lowest BCUT2D eigenvalue weighted by Gasteiger charge is -2.26. The molecule has 5 heteroatoms. The first kappa shape index (κ1) is 14.1. The van der Waals surface area contributed by atoms with Gasteiger partial charge in [0.25, 0.3) is 0 Å². The molecule has 0 aromatic carbocycles. The molecule has 1 aromatic heterocycles. The standard InChI is InChI=1S/C14H20N2O2S/c1-10-4-6-11(7-5-10)16-14(18)13(17)15-9-12-3-2-8-19-12/h2-3,8,10-11H,4-7,9H2,1H3,(H,15,17)(H,16,18). The minimum Gasteiger partial charge on any atom is -0.345 e. The maximum absolute atomic E-state index is 11.7. The molecule has 2 N–H and O–H groups in total. The van der Waals surface area contributed by atoms with Crippen molar-refractivity contribution in [1.29, 1.82) is 0 Å². The van der Waals surface area contributed by atoms with Gasteiger partial charge >= 0.3 is 11.8 Å². The van der Waals surface area contributed by atoms with Gasteiger partial charge in [-0.2, -0.15) is 0 Å². The fourth-order valence-corrected chi connectivity index (χ4v) is 2.96. The minimum atomic E-state index is -0.535. The van der Waals surface area contributed by atoms with Crippen LogP contribution in [0.25, 0.3) is 0 Å². The van der Waals surface area contributed by atoms with Crippen LogP contribution >= 0.6 is 11.3 Å². The number of amides is 2. The molecule has 2 rings (SSSR count). The Morgan fingerprint density at radius 1 is 1.26 bits per heavy atom. The second-order valence-corrected chi connectivity index (χ2v) is 6.22. The summed E-state index contributed by atoms with van der Waals surface area (Å²) in [4.78, 5) is 24.4. The van der Waals surface area contributed by atoms with Crippen LogP contribution in [-0.2, 0) is 16.1 Å². The minimum absolute atomic E-state index is 0.163. The normalized spacial score (nSPS) is 22.8. The summed E-state index contributed by atoms with van der Waals surface area (Å²) in [6.45, 7) is 2.65. The highest BCUT2D eigenvalue weighted by Gasteiger charge is 2.22. The van der Waals surface area contributed by atoms with E-state index in [4.69, 9.17) is 0 Å². The molecule has 0 bridgehead atoms. The summed E-state index contributed by atoms with van der Waals surface area (Å²) in [5.74, 6) is -0.302.